The van der Waals surface area contributed by atoms with Crippen molar-refractivity contribution in [3.05, 3.63) is 84.2 Å². The van der Waals surface area contributed by atoms with Gasteiger partial charge in [0, 0.05) is 12.4 Å². The third-order valence-corrected chi connectivity index (χ3v) is 4.44. The van der Waals surface area contributed by atoms with Crippen LogP contribution in [0.4, 0.5) is 0 Å². The van der Waals surface area contributed by atoms with Crippen molar-refractivity contribution >= 4 is 5.91 Å². The van der Waals surface area contributed by atoms with Crippen molar-refractivity contribution in [3.63, 3.8) is 0 Å². The standard InChI is InChI=1S/C21H23N3O2/c1-16(17-9-11-19(12-10-17)24-14-6-13-22-24)23-20(25)15-21(2,26)18-7-4-3-5-8-18/h3-14,16,26H,15H2,1-2H3,(H,23,25). The van der Waals surface area contributed by atoms with Crippen LogP contribution in [-0.2, 0) is 10.4 Å². The molecule has 5 heteroatoms. The summed E-state index contributed by atoms with van der Waals surface area (Å²) in [6.07, 6.45) is 3.62. The first-order valence-corrected chi connectivity index (χ1v) is 8.63. The maximum atomic E-state index is 12.4. The van der Waals surface area contributed by atoms with Crippen molar-refractivity contribution in [1.29, 1.82) is 0 Å². The summed E-state index contributed by atoms with van der Waals surface area (Å²) in [5.74, 6) is -0.192. The lowest BCUT2D eigenvalue weighted by atomic mass is 9.92. The normalized spacial score (nSPS) is 14.4. The Kier molecular flexibility index (Phi) is 5.19. The summed E-state index contributed by atoms with van der Waals surface area (Å²) in [7, 11) is 0. The quantitative estimate of drug-likeness (QED) is 0.717. The highest BCUT2D eigenvalue weighted by atomic mass is 16.3. The van der Waals surface area contributed by atoms with Crippen LogP contribution >= 0.6 is 0 Å². The Bertz CT molecular complexity index is 841. The average Bonchev–Trinajstić information content (AvgIpc) is 3.17. The molecule has 1 heterocycles. The van der Waals surface area contributed by atoms with E-state index in [0.717, 1.165) is 16.8 Å². The van der Waals surface area contributed by atoms with Gasteiger partial charge in [-0.3, -0.25) is 4.79 Å². The van der Waals surface area contributed by atoms with Gasteiger partial charge >= 0.3 is 0 Å². The molecule has 3 aromatic rings. The van der Waals surface area contributed by atoms with Gasteiger partial charge in [-0.25, -0.2) is 4.68 Å². The van der Waals surface area contributed by atoms with Crippen LogP contribution in [0.5, 0.6) is 0 Å². The van der Waals surface area contributed by atoms with Gasteiger partial charge < -0.3 is 10.4 Å². The smallest absolute Gasteiger partial charge is 0.223 e. The van der Waals surface area contributed by atoms with Gasteiger partial charge in [-0.15, -0.1) is 0 Å². The van der Waals surface area contributed by atoms with Crippen LogP contribution in [0.3, 0.4) is 0 Å². The molecule has 0 aliphatic carbocycles. The van der Waals surface area contributed by atoms with E-state index in [1.165, 1.54) is 0 Å². The number of amides is 1. The Balaban J connectivity index is 1.62. The summed E-state index contributed by atoms with van der Waals surface area (Å²) < 4.78 is 1.78. The van der Waals surface area contributed by atoms with Crippen molar-refractivity contribution in [2.45, 2.75) is 31.9 Å². The van der Waals surface area contributed by atoms with E-state index < -0.39 is 5.60 Å². The number of benzene rings is 2. The fraction of sp³-hybridized carbons (Fsp3) is 0.238. The molecule has 5 nitrogen and oxygen atoms in total. The fourth-order valence-electron chi connectivity index (χ4n) is 2.93. The van der Waals surface area contributed by atoms with Crippen LogP contribution in [0, 0.1) is 0 Å². The maximum Gasteiger partial charge on any atom is 0.223 e. The number of carbonyl (C=O) groups excluding carboxylic acids is 1. The lowest BCUT2D eigenvalue weighted by Crippen LogP contribution is -2.34. The highest BCUT2D eigenvalue weighted by molar-refractivity contribution is 5.77. The zero-order chi connectivity index (χ0) is 18.6. The Morgan fingerprint density at radius 3 is 2.46 bits per heavy atom. The second kappa shape index (κ2) is 7.54. The molecule has 0 aliphatic rings. The van der Waals surface area contributed by atoms with Crippen LogP contribution < -0.4 is 5.32 Å². The molecule has 0 fully saturated rings. The second-order valence-corrected chi connectivity index (χ2v) is 6.65. The highest BCUT2D eigenvalue weighted by Crippen LogP contribution is 2.24. The minimum atomic E-state index is -1.20. The summed E-state index contributed by atoms with van der Waals surface area (Å²) >= 11 is 0. The minimum Gasteiger partial charge on any atom is -0.385 e. The third-order valence-electron chi connectivity index (χ3n) is 4.44. The molecule has 26 heavy (non-hydrogen) atoms. The predicted octanol–water partition coefficient (Wildman–Crippen LogP) is 3.35. The molecule has 0 bridgehead atoms. The molecule has 2 unspecified atom stereocenters. The van der Waals surface area contributed by atoms with E-state index in [1.54, 1.807) is 17.8 Å². The second-order valence-electron chi connectivity index (χ2n) is 6.65. The number of rotatable bonds is 6. The molecule has 3 rings (SSSR count). The van der Waals surface area contributed by atoms with Gasteiger partial charge in [-0.05, 0) is 43.2 Å². The molecule has 1 aromatic heterocycles. The first kappa shape index (κ1) is 17.9. The van der Waals surface area contributed by atoms with Crippen LogP contribution in [0.2, 0.25) is 0 Å². The average molecular weight is 349 g/mol. The number of hydrogen-bond acceptors (Lipinski definition) is 3. The molecule has 2 aromatic carbocycles. The number of hydrogen-bond donors (Lipinski definition) is 2. The van der Waals surface area contributed by atoms with E-state index in [9.17, 15) is 9.90 Å². The zero-order valence-corrected chi connectivity index (χ0v) is 15.0. The van der Waals surface area contributed by atoms with E-state index in [4.69, 9.17) is 0 Å². The molecule has 0 radical (unpaired) electrons. The number of carbonyl (C=O) groups is 1. The SMILES string of the molecule is CC(NC(=O)CC(C)(O)c1ccccc1)c1ccc(-n2cccn2)cc1. The number of nitrogens with one attached hydrogen (secondary N) is 1. The van der Waals surface area contributed by atoms with Crippen LogP contribution in [0.25, 0.3) is 5.69 Å². The van der Waals surface area contributed by atoms with Gasteiger partial charge in [-0.1, -0.05) is 42.5 Å². The van der Waals surface area contributed by atoms with Crippen LogP contribution in [-0.4, -0.2) is 20.8 Å². The zero-order valence-electron chi connectivity index (χ0n) is 15.0. The van der Waals surface area contributed by atoms with E-state index >= 15 is 0 Å². The summed E-state index contributed by atoms with van der Waals surface area (Å²) in [5, 5.41) is 17.8. The van der Waals surface area contributed by atoms with Crippen molar-refractivity contribution in [1.82, 2.24) is 15.1 Å². The van der Waals surface area contributed by atoms with Crippen LogP contribution in [0.15, 0.2) is 73.1 Å². The Hall–Kier alpha value is -2.92. The molecule has 0 aliphatic heterocycles. The summed E-state index contributed by atoms with van der Waals surface area (Å²) in [6.45, 7) is 3.59. The minimum absolute atomic E-state index is 0.00667. The summed E-state index contributed by atoms with van der Waals surface area (Å²) in [5.41, 5.74) is 1.49. The maximum absolute atomic E-state index is 12.4. The Morgan fingerprint density at radius 1 is 1.15 bits per heavy atom. The van der Waals surface area contributed by atoms with E-state index in [1.807, 2.05) is 73.8 Å². The Morgan fingerprint density at radius 2 is 1.85 bits per heavy atom. The first-order valence-electron chi connectivity index (χ1n) is 8.63. The molecule has 2 atom stereocenters. The molecule has 0 spiro atoms. The summed E-state index contributed by atoms with van der Waals surface area (Å²) in [6, 6.07) is 18.8. The fourth-order valence-corrected chi connectivity index (χ4v) is 2.93. The number of aromatic nitrogens is 2. The molecular weight excluding hydrogens is 326 g/mol. The highest BCUT2D eigenvalue weighted by Gasteiger charge is 2.27. The molecule has 0 saturated heterocycles. The van der Waals surface area contributed by atoms with Crippen molar-refractivity contribution in [2.24, 2.45) is 0 Å². The van der Waals surface area contributed by atoms with Crippen LogP contribution in [0.1, 0.15) is 37.4 Å². The number of aliphatic hydroxyl groups is 1. The predicted molar refractivity (Wildman–Crippen MR) is 101 cm³/mol. The van der Waals surface area contributed by atoms with Crippen molar-refractivity contribution in [2.75, 3.05) is 0 Å². The van der Waals surface area contributed by atoms with Gasteiger partial charge in [0.25, 0.3) is 0 Å². The van der Waals surface area contributed by atoms with E-state index in [0.29, 0.717) is 0 Å². The molecular formula is C21H23N3O2. The van der Waals surface area contributed by atoms with Gasteiger partial charge in [-0.2, -0.15) is 5.10 Å². The lowest BCUT2D eigenvalue weighted by molar-refractivity contribution is -0.126. The topological polar surface area (TPSA) is 67.2 Å². The van der Waals surface area contributed by atoms with Gasteiger partial charge in [0.1, 0.15) is 0 Å². The lowest BCUT2D eigenvalue weighted by Gasteiger charge is -2.24. The monoisotopic (exact) mass is 349 g/mol. The van der Waals surface area contributed by atoms with Gasteiger partial charge in [0.2, 0.25) is 5.91 Å². The largest absolute Gasteiger partial charge is 0.385 e. The first-order chi connectivity index (χ1) is 12.5. The Labute approximate surface area is 153 Å². The third kappa shape index (κ3) is 4.18. The molecule has 134 valence electrons. The van der Waals surface area contributed by atoms with E-state index in [-0.39, 0.29) is 18.4 Å². The van der Waals surface area contributed by atoms with Gasteiger partial charge in [0.15, 0.2) is 0 Å². The van der Waals surface area contributed by atoms with Crippen molar-refractivity contribution in [3.8, 4) is 5.69 Å². The molecule has 2 N–H and O–H groups in total. The van der Waals surface area contributed by atoms with Crippen molar-refractivity contribution < 1.29 is 9.90 Å². The number of nitrogens with zero attached hydrogens (tertiary/aromatic N) is 2. The van der Waals surface area contributed by atoms with E-state index in [2.05, 4.69) is 10.4 Å². The summed E-state index contributed by atoms with van der Waals surface area (Å²) in [4.78, 5) is 12.4. The molecule has 0 saturated carbocycles. The molecule has 1 amide bonds. The van der Waals surface area contributed by atoms with Gasteiger partial charge in [0.05, 0.1) is 23.8 Å².